The van der Waals surface area contributed by atoms with Gasteiger partial charge in [0.15, 0.2) is 11.5 Å². The Morgan fingerprint density at radius 1 is 1.45 bits per heavy atom. The van der Waals surface area contributed by atoms with Crippen LogP contribution in [0.5, 0.6) is 11.5 Å². The molecule has 0 bridgehead atoms. The second-order valence-corrected chi connectivity index (χ2v) is 4.38. The lowest BCUT2D eigenvalue weighted by molar-refractivity contribution is 0.0949. The number of nitrogens with one attached hydrogen (secondary N) is 2. The highest BCUT2D eigenvalue weighted by molar-refractivity contribution is 5.93. The van der Waals surface area contributed by atoms with Crippen LogP contribution in [0.15, 0.2) is 34.2 Å². The zero-order chi connectivity index (χ0) is 16.1. The minimum atomic E-state index is -0.601. The van der Waals surface area contributed by atoms with Crippen molar-refractivity contribution in [3.05, 3.63) is 51.7 Å². The number of methoxy groups -OCH3 is 1. The highest BCUT2D eigenvalue weighted by Gasteiger charge is 2.07. The maximum atomic E-state index is 11.8. The van der Waals surface area contributed by atoms with Crippen molar-refractivity contribution >= 4 is 12.1 Å². The van der Waals surface area contributed by atoms with Crippen LogP contribution in [0.4, 0.5) is 0 Å². The minimum Gasteiger partial charge on any atom is -0.504 e. The average molecular weight is 302 g/mol. The van der Waals surface area contributed by atoms with Crippen molar-refractivity contribution in [1.82, 2.24) is 15.4 Å². The van der Waals surface area contributed by atoms with Gasteiger partial charge in [0.05, 0.1) is 13.3 Å². The number of ether oxygens (including phenoxy) is 1. The summed E-state index contributed by atoms with van der Waals surface area (Å²) in [6, 6.07) is 6.04. The largest absolute Gasteiger partial charge is 0.504 e. The molecule has 0 radical (unpaired) electrons. The number of rotatable bonds is 4. The van der Waals surface area contributed by atoms with E-state index in [-0.39, 0.29) is 11.4 Å². The monoisotopic (exact) mass is 302 g/mol. The van der Waals surface area contributed by atoms with Crippen LogP contribution >= 0.6 is 0 Å². The molecule has 0 atom stereocenters. The van der Waals surface area contributed by atoms with E-state index in [0.29, 0.717) is 17.0 Å². The predicted octanol–water partition coefficient (Wildman–Crippen LogP) is 0.556. The number of aromatic hydroxyl groups is 1. The van der Waals surface area contributed by atoms with Gasteiger partial charge in [-0.05, 0) is 36.8 Å². The summed E-state index contributed by atoms with van der Waals surface area (Å²) in [5, 5.41) is 13.2. The first-order valence-corrected chi connectivity index (χ1v) is 6.28. The molecule has 2 aromatic rings. The van der Waals surface area contributed by atoms with Crippen molar-refractivity contribution in [3.63, 3.8) is 0 Å². The lowest BCUT2D eigenvalue weighted by atomic mass is 10.2. The predicted molar refractivity (Wildman–Crippen MR) is 79.3 cm³/mol. The van der Waals surface area contributed by atoms with Gasteiger partial charge in [0, 0.05) is 5.69 Å². The molecule has 0 aliphatic carbocycles. The van der Waals surface area contributed by atoms with E-state index in [9.17, 15) is 14.7 Å². The van der Waals surface area contributed by atoms with Gasteiger partial charge in [0.2, 0.25) is 0 Å². The number of benzene rings is 1. The van der Waals surface area contributed by atoms with Gasteiger partial charge in [-0.2, -0.15) is 10.1 Å². The molecule has 2 rings (SSSR count). The molecule has 3 N–H and O–H groups in total. The summed E-state index contributed by atoms with van der Waals surface area (Å²) >= 11 is 0. The molecule has 0 fully saturated rings. The number of hydrogen-bond acceptors (Lipinski definition) is 6. The van der Waals surface area contributed by atoms with E-state index in [0.717, 1.165) is 0 Å². The minimum absolute atomic E-state index is 0.00636. The van der Waals surface area contributed by atoms with E-state index in [2.05, 4.69) is 20.5 Å². The number of aryl methyl sites for hydroxylation is 1. The van der Waals surface area contributed by atoms with Crippen molar-refractivity contribution in [2.45, 2.75) is 6.92 Å². The van der Waals surface area contributed by atoms with Crippen molar-refractivity contribution in [2.75, 3.05) is 7.11 Å². The van der Waals surface area contributed by atoms with Crippen LogP contribution in [0.3, 0.4) is 0 Å². The molecular formula is C14H14N4O4. The van der Waals surface area contributed by atoms with Crippen LogP contribution in [0.2, 0.25) is 0 Å². The number of hydrazone groups is 1. The van der Waals surface area contributed by atoms with Gasteiger partial charge in [-0.1, -0.05) is 0 Å². The topological polar surface area (TPSA) is 117 Å². The first-order valence-electron chi connectivity index (χ1n) is 6.28. The second kappa shape index (κ2) is 6.53. The maximum absolute atomic E-state index is 11.8. The van der Waals surface area contributed by atoms with E-state index in [4.69, 9.17) is 4.74 Å². The number of amides is 1. The Balaban J connectivity index is 2.08. The van der Waals surface area contributed by atoms with Crippen LogP contribution in [0.25, 0.3) is 0 Å². The van der Waals surface area contributed by atoms with E-state index in [1.807, 2.05) is 0 Å². The zero-order valence-corrected chi connectivity index (χ0v) is 12.0. The molecule has 8 nitrogen and oxygen atoms in total. The summed E-state index contributed by atoms with van der Waals surface area (Å²) in [5.74, 6) is -0.301. The molecule has 1 heterocycles. The molecular weight excluding hydrogens is 288 g/mol. The lowest BCUT2D eigenvalue weighted by Gasteiger charge is -2.03. The van der Waals surface area contributed by atoms with Gasteiger partial charge in [-0.15, -0.1) is 0 Å². The Labute approximate surface area is 125 Å². The summed E-state index contributed by atoms with van der Waals surface area (Å²) in [6.45, 7) is 1.64. The van der Waals surface area contributed by atoms with Gasteiger partial charge >= 0.3 is 5.69 Å². The summed E-state index contributed by atoms with van der Waals surface area (Å²) in [6.07, 6.45) is 1.37. The van der Waals surface area contributed by atoms with Crippen LogP contribution in [0, 0.1) is 6.92 Å². The standard InChI is InChI=1S/C14H14N4O4/c1-8-5-10(17-14(21)16-8)13(20)18-15-7-9-3-4-11(19)12(6-9)22-2/h3-7,19H,1-2H3,(H,18,20)(H,16,17,21)/b15-7+. The first kappa shape index (κ1) is 15.2. The van der Waals surface area contributed by atoms with Gasteiger partial charge in [0.25, 0.3) is 5.91 Å². The van der Waals surface area contributed by atoms with Gasteiger partial charge < -0.3 is 14.8 Å². The van der Waals surface area contributed by atoms with Crippen LogP contribution in [-0.2, 0) is 0 Å². The lowest BCUT2D eigenvalue weighted by Crippen LogP contribution is -2.24. The quantitative estimate of drug-likeness (QED) is 0.563. The van der Waals surface area contributed by atoms with E-state index in [1.165, 1.54) is 25.5 Å². The molecule has 0 unspecified atom stereocenters. The molecule has 0 aliphatic heterocycles. The number of aromatic nitrogens is 2. The molecule has 8 heteroatoms. The van der Waals surface area contributed by atoms with E-state index < -0.39 is 11.6 Å². The smallest absolute Gasteiger partial charge is 0.345 e. The third-order valence-corrected chi connectivity index (χ3v) is 2.70. The summed E-state index contributed by atoms with van der Waals surface area (Å²) in [5.41, 5.74) is 2.78. The SMILES string of the molecule is COc1cc(/C=N/NC(=O)c2cc(C)[nH]c(=O)n2)ccc1O. The molecule has 1 aromatic heterocycles. The number of carbonyl (C=O) groups excluding carboxylic acids is 1. The number of nitrogens with zero attached hydrogens (tertiary/aromatic N) is 2. The van der Waals surface area contributed by atoms with Crippen LogP contribution in [-0.4, -0.2) is 34.3 Å². The Kier molecular flexibility index (Phi) is 4.52. The Morgan fingerprint density at radius 2 is 2.23 bits per heavy atom. The highest BCUT2D eigenvalue weighted by atomic mass is 16.5. The molecule has 1 amide bonds. The molecule has 114 valence electrons. The van der Waals surface area contributed by atoms with E-state index in [1.54, 1.807) is 19.1 Å². The van der Waals surface area contributed by atoms with Crippen molar-refractivity contribution < 1.29 is 14.6 Å². The van der Waals surface area contributed by atoms with Crippen molar-refractivity contribution in [3.8, 4) is 11.5 Å². The molecule has 0 aliphatic rings. The van der Waals surface area contributed by atoms with E-state index >= 15 is 0 Å². The summed E-state index contributed by atoms with van der Waals surface area (Å²) in [4.78, 5) is 29.0. The Hall–Kier alpha value is -3.16. The maximum Gasteiger partial charge on any atom is 0.345 e. The molecule has 0 saturated carbocycles. The average Bonchev–Trinajstić information content (AvgIpc) is 2.47. The van der Waals surface area contributed by atoms with Gasteiger partial charge in [0.1, 0.15) is 5.69 Å². The van der Waals surface area contributed by atoms with Gasteiger partial charge in [-0.25, -0.2) is 10.2 Å². The van der Waals surface area contributed by atoms with Crippen molar-refractivity contribution in [1.29, 1.82) is 0 Å². The van der Waals surface area contributed by atoms with Gasteiger partial charge in [-0.3, -0.25) is 4.79 Å². The van der Waals surface area contributed by atoms with Crippen LogP contribution < -0.4 is 15.9 Å². The molecule has 0 spiro atoms. The number of carbonyl (C=O) groups is 1. The third kappa shape index (κ3) is 3.69. The Bertz CT molecular complexity index is 783. The molecule has 0 saturated heterocycles. The number of hydrogen-bond donors (Lipinski definition) is 3. The fourth-order valence-corrected chi connectivity index (χ4v) is 1.69. The summed E-state index contributed by atoms with van der Waals surface area (Å²) < 4.78 is 4.96. The fourth-order valence-electron chi connectivity index (χ4n) is 1.69. The second-order valence-electron chi connectivity index (χ2n) is 4.38. The van der Waals surface area contributed by atoms with Crippen LogP contribution in [0.1, 0.15) is 21.7 Å². The number of H-pyrrole nitrogens is 1. The third-order valence-electron chi connectivity index (χ3n) is 2.70. The zero-order valence-electron chi connectivity index (χ0n) is 12.0. The fraction of sp³-hybridized carbons (Fsp3) is 0.143. The van der Waals surface area contributed by atoms with Crippen molar-refractivity contribution in [2.24, 2.45) is 5.10 Å². The number of phenols is 1. The number of phenolic OH excluding ortho intramolecular Hbond substituents is 1. The normalized spacial score (nSPS) is 10.6. The highest BCUT2D eigenvalue weighted by Crippen LogP contribution is 2.25. The molecule has 1 aromatic carbocycles. The number of aromatic amines is 1. The molecule has 22 heavy (non-hydrogen) atoms. The summed E-state index contributed by atoms with van der Waals surface area (Å²) in [7, 11) is 1.43. The Morgan fingerprint density at radius 3 is 2.91 bits per heavy atom. The first-order chi connectivity index (χ1) is 10.5.